The number of hydrogen-bond acceptors (Lipinski definition) is 4. The quantitative estimate of drug-likeness (QED) is 0.730. The Morgan fingerprint density at radius 3 is 3.00 bits per heavy atom. The molecular weight excluding hydrogens is 294 g/mol. The summed E-state index contributed by atoms with van der Waals surface area (Å²) < 4.78 is 0. The number of para-hydroxylation sites is 1. The minimum atomic E-state index is -0.158. The Morgan fingerprint density at radius 1 is 1.23 bits per heavy atom. The van der Waals surface area contributed by atoms with Gasteiger partial charge in [0.05, 0.1) is 11.4 Å². The molecule has 2 N–H and O–H groups in total. The van der Waals surface area contributed by atoms with Crippen LogP contribution in [0, 0.1) is 0 Å². The van der Waals surface area contributed by atoms with Crippen LogP contribution < -0.4 is 5.32 Å². The van der Waals surface area contributed by atoms with Crippen molar-refractivity contribution in [2.45, 2.75) is 11.4 Å². The molecule has 5 heteroatoms. The van der Waals surface area contributed by atoms with Crippen LogP contribution in [0.3, 0.4) is 0 Å². The highest BCUT2D eigenvalue weighted by molar-refractivity contribution is 7.99. The van der Waals surface area contributed by atoms with Gasteiger partial charge in [-0.3, -0.25) is 15.1 Å². The molecule has 2 aromatic heterocycles. The van der Waals surface area contributed by atoms with Crippen molar-refractivity contribution in [3.63, 3.8) is 0 Å². The van der Waals surface area contributed by atoms with Crippen LogP contribution in [0.15, 0.2) is 55.0 Å². The summed E-state index contributed by atoms with van der Waals surface area (Å²) in [5.74, 6) is 0.925. The normalized spacial score (nSPS) is 21.3. The molecule has 4 nitrogen and oxygen atoms in total. The number of thioether (sulfide) groups is 1. The van der Waals surface area contributed by atoms with E-state index in [0.29, 0.717) is 0 Å². The second-order valence-electron chi connectivity index (χ2n) is 5.33. The lowest BCUT2D eigenvalue weighted by atomic mass is 10.0. The Balaban J connectivity index is 1.57. The number of nitrogens with zero attached hydrogens (tertiary/aromatic N) is 1. The fourth-order valence-electron chi connectivity index (χ4n) is 2.81. The van der Waals surface area contributed by atoms with Crippen molar-refractivity contribution < 1.29 is 4.79 Å². The molecule has 3 heterocycles. The number of aromatic amines is 1. The van der Waals surface area contributed by atoms with Crippen LogP contribution >= 0.6 is 11.8 Å². The van der Waals surface area contributed by atoms with Crippen molar-refractivity contribution in [2.24, 2.45) is 0 Å². The Bertz CT molecular complexity index is 815. The highest BCUT2D eigenvalue weighted by Gasteiger charge is 2.32. The number of benzene rings is 1. The zero-order chi connectivity index (χ0) is 14.9. The zero-order valence-electron chi connectivity index (χ0n) is 11.8. The fraction of sp³-hybridized carbons (Fsp3) is 0.176. The summed E-state index contributed by atoms with van der Waals surface area (Å²) in [6, 6.07) is 11.7. The summed E-state index contributed by atoms with van der Waals surface area (Å²) in [6.45, 7) is 0. The van der Waals surface area contributed by atoms with Gasteiger partial charge in [-0.25, -0.2) is 0 Å². The number of H-pyrrole nitrogens is 1. The van der Waals surface area contributed by atoms with E-state index < -0.39 is 0 Å². The third kappa shape index (κ3) is 2.32. The topological polar surface area (TPSA) is 57.8 Å². The maximum atomic E-state index is 12.8. The van der Waals surface area contributed by atoms with E-state index in [4.69, 9.17) is 0 Å². The molecule has 0 amide bonds. The number of carbonyl (C=O) groups excluding carboxylic acids is 1. The summed E-state index contributed by atoms with van der Waals surface area (Å²) in [6.07, 6.45) is 5.43. The molecule has 22 heavy (non-hydrogen) atoms. The molecule has 1 saturated heterocycles. The van der Waals surface area contributed by atoms with E-state index in [1.807, 2.05) is 48.8 Å². The average molecular weight is 309 g/mol. The third-order valence-electron chi connectivity index (χ3n) is 3.94. The first-order valence-electron chi connectivity index (χ1n) is 7.21. The minimum absolute atomic E-state index is 0.132. The average Bonchev–Trinajstić information content (AvgIpc) is 3.22. The summed E-state index contributed by atoms with van der Waals surface area (Å²) in [4.78, 5) is 20.1. The predicted molar refractivity (Wildman–Crippen MR) is 89.0 cm³/mol. The molecule has 2 atom stereocenters. The standard InChI is InChI=1S/C17H15N3OS/c21-16(13-9-19-14-6-2-1-5-12(13)14)15-10-22-17(20-15)11-4-3-7-18-8-11/h1-9,15,17,19-20H,10H2/t15-,17?/m0/s1. The molecule has 110 valence electrons. The number of aromatic nitrogens is 2. The van der Waals surface area contributed by atoms with Gasteiger partial charge in [0.25, 0.3) is 0 Å². The summed E-state index contributed by atoms with van der Waals surface area (Å²) in [7, 11) is 0. The molecule has 0 spiro atoms. The van der Waals surface area contributed by atoms with Gasteiger partial charge in [0.2, 0.25) is 0 Å². The van der Waals surface area contributed by atoms with E-state index in [0.717, 1.165) is 27.8 Å². The second kappa shape index (κ2) is 5.59. The SMILES string of the molecule is O=C(c1c[nH]c2ccccc12)[C@@H]1CSC(c2cccnc2)N1. The van der Waals surface area contributed by atoms with Crippen LogP contribution in [0.25, 0.3) is 10.9 Å². The molecule has 1 aromatic carbocycles. The van der Waals surface area contributed by atoms with Crippen LogP contribution in [0.2, 0.25) is 0 Å². The highest BCUT2D eigenvalue weighted by Crippen LogP contribution is 2.33. The van der Waals surface area contributed by atoms with E-state index in [1.54, 1.807) is 18.0 Å². The van der Waals surface area contributed by atoms with Crippen molar-refractivity contribution in [1.29, 1.82) is 0 Å². The van der Waals surface area contributed by atoms with E-state index in [1.165, 1.54) is 0 Å². The van der Waals surface area contributed by atoms with E-state index in [9.17, 15) is 4.79 Å². The fourth-order valence-corrected chi connectivity index (χ4v) is 4.03. The predicted octanol–water partition coefficient (Wildman–Crippen LogP) is 3.15. The largest absolute Gasteiger partial charge is 0.360 e. The first kappa shape index (κ1) is 13.5. The molecular formula is C17H15N3OS. The zero-order valence-corrected chi connectivity index (χ0v) is 12.6. The molecule has 1 aliphatic rings. The van der Waals surface area contributed by atoms with Crippen LogP contribution in [0.4, 0.5) is 0 Å². The number of hydrogen-bond donors (Lipinski definition) is 2. The number of Topliss-reactive ketones (excluding diaryl/α,β-unsaturated/α-hetero) is 1. The lowest BCUT2D eigenvalue weighted by molar-refractivity contribution is 0.0957. The smallest absolute Gasteiger partial charge is 0.182 e. The molecule has 4 rings (SSSR count). The highest BCUT2D eigenvalue weighted by atomic mass is 32.2. The van der Waals surface area contributed by atoms with E-state index in [-0.39, 0.29) is 17.2 Å². The van der Waals surface area contributed by atoms with Crippen molar-refractivity contribution in [2.75, 3.05) is 5.75 Å². The maximum Gasteiger partial charge on any atom is 0.182 e. The molecule has 0 saturated carbocycles. The monoisotopic (exact) mass is 309 g/mol. The van der Waals surface area contributed by atoms with Gasteiger partial charge in [-0.1, -0.05) is 24.3 Å². The van der Waals surface area contributed by atoms with Gasteiger partial charge < -0.3 is 4.98 Å². The lowest BCUT2D eigenvalue weighted by Crippen LogP contribution is -2.34. The number of ketones is 1. The van der Waals surface area contributed by atoms with Crippen molar-refractivity contribution in [3.05, 3.63) is 66.1 Å². The first-order chi connectivity index (χ1) is 10.8. The molecule has 1 unspecified atom stereocenters. The van der Waals surface area contributed by atoms with Gasteiger partial charge >= 0.3 is 0 Å². The van der Waals surface area contributed by atoms with Crippen molar-refractivity contribution >= 4 is 28.4 Å². The molecule has 0 bridgehead atoms. The molecule has 1 aliphatic heterocycles. The Kier molecular flexibility index (Phi) is 3.44. The number of rotatable bonds is 3. The van der Waals surface area contributed by atoms with Gasteiger partial charge in [-0.15, -0.1) is 11.8 Å². The summed E-state index contributed by atoms with van der Waals surface area (Å²) >= 11 is 1.75. The van der Waals surface area contributed by atoms with Crippen molar-refractivity contribution in [1.82, 2.24) is 15.3 Å². The van der Waals surface area contributed by atoms with Crippen LogP contribution in [0.5, 0.6) is 0 Å². The number of nitrogens with one attached hydrogen (secondary N) is 2. The Hall–Kier alpha value is -2.11. The molecule has 0 aliphatic carbocycles. The van der Waals surface area contributed by atoms with Gasteiger partial charge in [0, 0.05) is 40.8 Å². The van der Waals surface area contributed by atoms with Crippen molar-refractivity contribution in [3.8, 4) is 0 Å². The van der Waals surface area contributed by atoms with Crippen LogP contribution in [0.1, 0.15) is 21.3 Å². The Morgan fingerprint density at radius 2 is 2.14 bits per heavy atom. The summed E-state index contributed by atoms with van der Waals surface area (Å²) in [5.41, 5.74) is 2.88. The number of pyridine rings is 1. The van der Waals surface area contributed by atoms with E-state index in [2.05, 4.69) is 15.3 Å². The number of fused-ring (bicyclic) bond motifs is 1. The third-order valence-corrected chi connectivity index (χ3v) is 5.21. The molecule has 0 radical (unpaired) electrons. The van der Waals surface area contributed by atoms with Gasteiger partial charge in [0.15, 0.2) is 5.78 Å². The minimum Gasteiger partial charge on any atom is -0.360 e. The molecule has 3 aromatic rings. The Labute approximate surface area is 132 Å². The molecule has 1 fully saturated rings. The maximum absolute atomic E-state index is 12.8. The first-order valence-corrected chi connectivity index (χ1v) is 8.26. The van der Waals surface area contributed by atoms with Crippen LogP contribution in [-0.2, 0) is 0 Å². The van der Waals surface area contributed by atoms with Gasteiger partial charge in [-0.2, -0.15) is 0 Å². The van der Waals surface area contributed by atoms with Gasteiger partial charge in [0.1, 0.15) is 0 Å². The lowest BCUT2D eigenvalue weighted by Gasteiger charge is -2.12. The van der Waals surface area contributed by atoms with E-state index >= 15 is 0 Å². The second-order valence-corrected chi connectivity index (χ2v) is 6.47. The summed E-state index contributed by atoms with van der Waals surface area (Å²) in [5, 5.41) is 4.54. The van der Waals surface area contributed by atoms with Crippen LogP contribution in [-0.4, -0.2) is 27.5 Å². The van der Waals surface area contributed by atoms with Gasteiger partial charge in [-0.05, 0) is 17.7 Å². The number of carbonyl (C=O) groups is 1.